The second-order valence-electron chi connectivity index (χ2n) is 3.36. The van der Waals surface area contributed by atoms with E-state index in [-0.39, 0.29) is 17.3 Å². The third kappa shape index (κ3) is 4.82. The van der Waals surface area contributed by atoms with Gasteiger partial charge in [0.05, 0.1) is 5.75 Å². The van der Waals surface area contributed by atoms with Crippen LogP contribution in [0.5, 0.6) is 0 Å². The van der Waals surface area contributed by atoms with Gasteiger partial charge in [0, 0.05) is 11.5 Å². The van der Waals surface area contributed by atoms with Crippen LogP contribution in [0.3, 0.4) is 0 Å². The summed E-state index contributed by atoms with van der Waals surface area (Å²) in [5, 5.41) is 9.12. The first-order valence-electron chi connectivity index (χ1n) is 5.11. The predicted molar refractivity (Wildman–Crippen MR) is 65.3 cm³/mol. The van der Waals surface area contributed by atoms with Gasteiger partial charge in [0.15, 0.2) is 5.09 Å². The molecule has 1 aromatic rings. The van der Waals surface area contributed by atoms with Gasteiger partial charge in [0.1, 0.15) is 9.84 Å². The van der Waals surface area contributed by atoms with Crippen LogP contribution >= 0.6 is 11.8 Å². The molecule has 1 heterocycles. The Labute approximate surface area is 104 Å². The van der Waals surface area contributed by atoms with E-state index in [1.54, 1.807) is 13.0 Å². The summed E-state index contributed by atoms with van der Waals surface area (Å²) in [6.45, 7) is 1.62. The summed E-state index contributed by atoms with van der Waals surface area (Å²) < 4.78 is 27.4. The van der Waals surface area contributed by atoms with Crippen molar-refractivity contribution < 1.29 is 22.7 Å². The van der Waals surface area contributed by atoms with Crippen LogP contribution in [0, 0.1) is 0 Å². The lowest BCUT2D eigenvalue weighted by molar-refractivity contribution is 0.0656. The van der Waals surface area contributed by atoms with Gasteiger partial charge in [-0.1, -0.05) is 18.7 Å². The number of furan rings is 1. The molecule has 0 saturated heterocycles. The molecule has 1 N–H and O–H groups in total. The molecule has 0 amide bonds. The molecule has 0 aliphatic heterocycles. The fourth-order valence-electron chi connectivity index (χ4n) is 1.11. The highest BCUT2D eigenvalue weighted by Crippen LogP contribution is 2.21. The molecule has 0 aliphatic rings. The zero-order chi connectivity index (χ0) is 12.9. The molecule has 1 rings (SSSR count). The van der Waals surface area contributed by atoms with Crippen LogP contribution in [0.25, 0.3) is 0 Å². The molecular formula is C10H14O5S2. The fourth-order valence-corrected chi connectivity index (χ4v) is 2.97. The van der Waals surface area contributed by atoms with Gasteiger partial charge in [-0.05, 0) is 18.6 Å². The van der Waals surface area contributed by atoms with Crippen molar-refractivity contribution in [2.45, 2.75) is 18.4 Å². The van der Waals surface area contributed by atoms with Crippen molar-refractivity contribution in [1.29, 1.82) is 0 Å². The van der Waals surface area contributed by atoms with Crippen LogP contribution < -0.4 is 0 Å². The molecule has 17 heavy (non-hydrogen) atoms. The number of hydrogen-bond donors (Lipinski definition) is 1. The molecule has 0 aliphatic carbocycles. The van der Waals surface area contributed by atoms with Crippen LogP contribution in [0.4, 0.5) is 0 Å². The average Bonchev–Trinajstić information content (AvgIpc) is 2.73. The summed E-state index contributed by atoms with van der Waals surface area (Å²) in [7, 11) is -2.92. The molecular weight excluding hydrogens is 264 g/mol. The van der Waals surface area contributed by atoms with Crippen molar-refractivity contribution in [1.82, 2.24) is 0 Å². The van der Waals surface area contributed by atoms with Gasteiger partial charge in [-0.15, -0.1) is 0 Å². The molecule has 5 nitrogen and oxygen atoms in total. The van der Waals surface area contributed by atoms with E-state index in [0.717, 1.165) is 0 Å². The second kappa shape index (κ2) is 6.11. The molecule has 0 radical (unpaired) electrons. The van der Waals surface area contributed by atoms with Crippen molar-refractivity contribution in [2.24, 2.45) is 0 Å². The van der Waals surface area contributed by atoms with Crippen molar-refractivity contribution in [2.75, 3.05) is 17.3 Å². The molecule has 0 unspecified atom stereocenters. The summed E-state index contributed by atoms with van der Waals surface area (Å²) in [6, 6.07) is 2.95. The van der Waals surface area contributed by atoms with E-state index < -0.39 is 15.8 Å². The van der Waals surface area contributed by atoms with Gasteiger partial charge in [0.2, 0.25) is 5.76 Å². The fraction of sp³-hybridized carbons (Fsp3) is 0.500. The Kier molecular flexibility index (Phi) is 5.07. The minimum Gasteiger partial charge on any atom is -0.475 e. The molecule has 0 saturated carbocycles. The lowest BCUT2D eigenvalue weighted by Crippen LogP contribution is -2.09. The highest BCUT2D eigenvalue weighted by atomic mass is 32.2. The zero-order valence-electron chi connectivity index (χ0n) is 9.38. The standard InChI is InChI=1S/C10H14O5S2/c1-2-17(13,14)7-3-6-16-9-5-4-8(15-9)10(11)12/h4-5H,2-3,6-7H2,1H3,(H,11,12). The number of carboxylic acids is 1. The Hall–Kier alpha value is -0.950. The highest BCUT2D eigenvalue weighted by Gasteiger charge is 2.10. The summed E-state index contributed by atoms with van der Waals surface area (Å²) in [5.41, 5.74) is 0. The lowest BCUT2D eigenvalue weighted by Gasteiger charge is -1.99. The monoisotopic (exact) mass is 278 g/mol. The Morgan fingerprint density at radius 3 is 2.71 bits per heavy atom. The molecule has 0 fully saturated rings. The summed E-state index contributed by atoms with van der Waals surface area (Å²) >= 11 is 1.32. The normalized spacial score (nSPS) is 11.6. The number of carboxylic acid groups (broad SMARTS) is 1. The van der Waals surface area contributed by atoms with Crippen molar-refractivity contribution in [3.8, 4) is 0 Å². The highest BCUT2D eigenvalue weighted by molar-refractivity contribution is 7.99. The minimum absolute atomic E-state index is 0.103. The number of thioether (sulfide) groups is 1. The van der Waals surface area contributed by atoms with Crippen LogP contribution in [-0.4, -0.2) is 36.8 Å². The van der Waals surface area contributed by atoms with Crippen molar-refractivity contribution in [3.05, 3.63) is 17.9 Å². The lowest BCUT2D eigenvalue weighted by atomic mass is 10.5. The Bertz CT molecular complexity index is 475. The van der Waals surface area contributed by atoms with E-state index in [4.69, 9.17) is 9.52 Å². The first-order valence-corrected chi connectivity index (χ1v) is 7.91. The van der Waals surface area contributed by atoms with E-state index >= 15 is 0 Å². The third-order valence-corrected chi connectivity index (χ3v) is 4.86. The largest absolute Gasteiger partial charge is 0.475 e. The second-order valence-corrected chi connectivity index (χ2v) is 6.93. The molecule has 1 aromatic heterocycles. The minimum atomic E-state index is -2.92. The number of aromatic carboxylic acids is 1. The van der Waals surface area contributed by atoms with E-state index in [1.807, 2.05) is 0 Å². The van der Waals surface area contributed by atoms with Gasteiger partial charge >= 0.3 is 5.97 Å². The first kappa shape index (κ1) is 14.1. The Balaban J connectivity index is 2.34. The first-order chi connectivity index (χ1) is 7.94. The predicted octanol–water partition coefficient (Wildman–Crippen LogP) is 1.89. The van der Waals surface area contributed by atoms with E-state index in [1.165, 1.54) is 17.8 Å². The number of sulfone groups is 1. The smallest absolute Gasteiger partial charge is 0.371 e. The average molecular weight is 278 g/mol. The maximum absolute atomic E-state index is 11.2. The van der Waals surface area contributed by atoms with Crippen LogP contribution in [0.2, 0.25) is 0 Å². The number of carbonyl (C=O) groups is 1. The van der Waals surface area contributed by atoms with E-state index in [9.17, 15) is 13.2 Å². The number of rotatable bonds is 7. The van der Waals surface area contributed by atoms with Crippen molar-refractivity contribution in [3.63, 3.8) is 0 Å². The van der Waals surface area contributed by atoms with E-state index in [2.05, 4.69) is 0 Å². The van der Waals surface area contributed by atoms with E-state index in [0.29, 0.717) is 17.3 Å². The summed E-state index contributed by atoms with van der Waals surface area (Å²) in [5.74, 6) is -0.310. The molecule has 0 spiro atoms. The topological polar surface area (TPSA) is 84.6 Å². The van der Waals surface area contributed by atoms with Gasteiger partial charge < -0.3 is 9.52 Å². The molecule has 0 atom stereocenters. The van der Waals surface area contributed by atoms with Crippen LogP contribution in [0.15, 0.2) is 21.6 Å². The molecule has 0 aromatic carbocycles. The third-order valence-electron chi connectivity index (χ3n) is 2.08. The quantitative estimate of drug-likeness (QED) is 0.605. The Morgan fingerprint density at radius 2 is 2.18 bits per heavy atom. The Morgan fingerprint density at radius 1 is 1.47 bits per heavy atom. The number of hydrogen-bond acceptors (Lipinski definition) is 5. The molecule has 7 heteroatoms. The van der Waals surface area contributed by atoms with Gasteiger partial charge in [-0.3, -0.25) is 0 Å². The zero-order valence-corrected chi connectivity index (χ0v) is 11.0. The molecule has 96 valence electrons. The summed E-state index contributed by atoms with van der Waals surface area (Å²) in [4.78, 5) is 10.5. The maximum Gasteiger partial charge on any atom is 0.371 e. The molecule has 0 bridgehead atoms. The SMILES string of the molecule is CCS(=O)(=O)CCCSc1ccc(C(=O)O)o1. The van der Waals surface area contributed by atoms with Gasteiger partial charge in [-0.2, -0.15) is 0 Å². The van der Waals surface area contributed by atoms with Crippen LogP contribution in [0.1, 0.15) is 23.9 Å². The van der Waals surface area contributed by atoms with Crippen molar-refractivity contribution >= 4 is 27.6 Å². The van der Waals surface area contributed by atoms with Gasteiger partial charge in [-0.25, -0.2) is 13.2 Å². The van der Waals surface area contributed by atoms with Crippen LogP contribution in [-0.2, 0) is 9.84 Å². The van der Waals surface area contributed by atoms with Gasteiger partial charge in [0.25, 0.3) is 0 Å². The summed E-state index contributed by atoms with van der Waals surface area (Å²) in [6.07, 6.45) is 0.532. The maximum atomic E-state index is 11.2.